The van der Waals surface area contributed by atoms with Gasteiger partial charge >= 0.3 is 0 Å². The predicted molar refractivity (Wildman–Crippen MR) is 134 cm³/mol. The summed E-state index contributed by atoms with van der Waals surface area (Å²) >= 11 is 6.00. The van der Waals surface area contributed by atoms with Crippen LogP contribution in [0.3, 0.4) is 0 Å². The molecule has 0 atom stereocenters. The second-order valence-electron chi connectivity index (χ2n) is 7.37. The second-order valence-corrected chi connectivity index (χ2v) is 9.78. The maximum Gasteiger partial charge on any atom is 0.264 e. The van der Waals surface area contributed by atoms with Crippen molar-refractivity contribution in [2.24, 2.45) is 0 Å². The second kappa shape index (κ2) is 9.99. The lowest BCUT2D eigenvalue weighted by atomic mass is 10.2. The number of benzene rings is 4. The van der Waals surface area contributed by atoms with Gasteiger partial charge in [-0.05, 0) is 72.8 Å². The van der Waals surface area contributed by atoms with Crippen LogP contribution in [0.15, 0.2) is 108 Å². The molecule has 0 fully saturated rings. The van der Waals surface area contributed by atoms with Gasteiger partial charge in [-0.15, -0.1) is 0 Å². The van der Waals surface area contributed by atoms with E-state index in [0.717, 1.165) is 4.31 Å². The van der Waals surface area contributed by atoms with Gasteiger partial charge in [-0.25, -0.2) is 8.42 Å². The monoisotopic (exact) mass is 492 g/mol. The Bertz CT molecular complexity index is 1410. The van der Waals surface area contributed by atoms with Gasteiger partial charge in [0.1, 0.15) is 11.5 Å². The maximum absolute atomic E-state index is 13.1. The van der Waals surface area contributed by atoms with Gasteiger partial charge in [0.25, 0.3) is 15.9 Å². The number of para-hydroxylation sites is 1. The molecule has 0 unspecified atom stereocenters. The van der Waals surface area contributed by atoms with Crippen molar-refractivity contribution in [1.82, 2.24) is 0 Å². The van der Waals surface area contributed by atoms with Crippen molar-refractivity contribution in [3.63, 3.8) is 0 Å². The molecule has 0 aliphatic rings. The predicted octanol–water partition coefficient (Wildman–Crippen LogP) is 6.21. The molecule has 6 nitrogen and oxygen atoms in total. The molecule has 172 valence electrons. The largest absolute Gasteiger partial charge is 0.457 e. The summed E-state index contributed by atoms with van der Waals surface area (Å²) in [6.07, 6.45) is 0. The SMILES string of the molecule is CN(c1cccc(Cl)c1)S(=O)(=O)c1cccc(C(=O)Nc2ccc(Oc3ccccc3)cc2)c1. The normalized spacial score (nSPS) is 11.0. The quantitative estimate of drug-likeness (QED) is 0.333. The Morgan fingerprint density at radius 2 is 1.50 bits per heavy atom. The summed E-state index contributed by atoms with van der Waals surface area (Å²) in [5.41, 5.74) is 1.18. The maximum atomic E-state index is 13.1. The third kappa shape index (κ3) is 5.39. The molecule has 0 radical (unpaired) electrons. The molecule has 1 amide bonds. The lowest BCUT2D eigenvalue weighted by Gasteiger charge is -2.20. The van der Waals surface area contributed by atoms with E-state index in [1.165, 1.54) is 25.2 Å². The van der Waals surface area contributed by atoms with E-state index >= 15 is 0 Å². The molecular formula is C26H21ClN2O4S. The zero-order valence-electron chi connectivity index (χ0n) is 18.2. The number of ether oxygens (including phenoxy) is 1. The number of sulfonamides is 1. The molecule has 0 bridgehead atoms. The lowest BCUT2D eigenvalue weighted by Crippen LogP contribution is -2.26. The van der Waals surface area contributed by atoms with Crippen LogP contribution in [0.5, 0.6) is 11.5 Å². The van der Waals surface area contributed by atoms with Gasteiger partial charge < -0.3 is 10.1 Å². The van der Waals surface area contributed by atoms with Crippen LogP contribution in [0.4, 0.5) is 11.4 Å². The van der Waals surface area contributed by atoms with Crippen molar-refractivity contribution in [2.45, 2.75) is 4.90 Å². The lowest BCUT2D eigenvalue weighted by molar-refractivity contribution is 0.102. The third-order valence-corrected chi connectivity index (χ3v) is 7.03. The van der Waals surface area contributed by atoms with Crippen molar-refractivity contribution in [2.75, 3.05) is 16.7 Å². The fourth-order valence-electron chi connectivity index (χ4n) is 3.20. The van der Waals surface area contributed by atoms with Gasteiger partial charge in [0.05, 0.1) is 10.6 Å². The van der Waals surface area contributed by atoms with Gasteiger partial charge in [-0.1, -0.05) is 41.9 Å². The van der Waals surface area contributed by atoms with Crippen LogP contribution in [0, 0.1) is 0 Å². The molecule has 0 heterocycles. The van der Waals surface area contributed by atoms with Gasteiger partial charge in [0.15, 0.2) is 0 Å². The third-order valence-electron chi connectivity index (χ3n) is 5.02. The number of carbonyl (C=O) groups is 1. The first-order chi connectivity index (χ1) is 16.3. The highest BCUT2D eigenvalue weighted by Gasteiger charge is 2.22. The Hall–Kier alpha value is -3.81. The number of anilines is 2. The Balaban J connectivity index is 1.48. The van der Waals surface area contributed by atoms with E-state index in [4.69, 9.17) is 16.3 Å². The first kappa shape index (κ1) is 23.4. The van der Waals surface area contributed by atoms with E-state index in [-0.39, 0.29) is 10.5 Å². The number of carbonyl (C=O) groups excluding carboxylic acids is 1. The molecule has 0 aromatic heterocycles. The molecule has 0 spiro atoms. The minimum Gasteiger partial charge on any atom is -0.457 e. The molecule has 0 saturated carbocycles. The molecule has 4 aromatic rings. The van der Waals surface area contributed by atoms with Crippen LogP contribution in [0.2, 0.25) is 5.02 Å². The minimum absolute atomic E-state index is 0.00534. The highest BCUT2D eigenvalue weighted by molar-refractivity contribution is 7.92. The first-order valence-corrected chi connectivity index (χ1v) is 12.1. The van der Waals surface area contributed by atoms with E-state index in [9.17, 15) is 13.2 Å². The highest BCUT2D eigenvalue weighted by Crippen LogP contribution is 2.26. The van der Waals surface area contributed by atoms with Crippen molar-refractivity contribution >= 4 is 38.9 Å². The molecule has 0 saturated heterocycles. The van der Waals surface area contributed by atoms with E-state index in [2.05, 4.69) is 5.32 Å². The summed E-state index contributed by atoms with van der Waals surface area (Å²) in [6, 6.07) is 28.7. The Morgan fingerprint density at radius 1 is 0.824 bits per heavy atom. The summed E-state index contributed by atoms with van der Waals surface area (Å²) in [6.45, 7) is 0. The fraction of sp³-hybridized carbons (Fsp3) is 0.0385. The molecule has 1 N–H and O–H groups in total. The molecule has 4 aromatic carbocycles. The Labute approximate surface area is 203 Å². The number of amides is 1. The molecular weight excluding hydrogens is 472 g/mol. The number of rotatable bonds is 7. The van der Waals surface area contributed by atoms with Crippen molar-refractivity contribution in [3.05, 3.63) is 114 Å². The van der Waals surface area contributed by atoms with E-state index in [0.29, 0.717) is 27.9 Å². The van der Waals surface area contributed by atoms with E-state index in [1.807, 2.05) is 30.3 Å². The summed E-state index contributed by atoms with van der Waals surface area (Å²) < 4.78 is 33.1. The highest BCUT2D eigenvalue weighted by atomic mass is 35.5. The molecule has 0 aliphatic heterocycles. The van der Waals surface area contributed by atoms with Gasteiger partial charge in [0, 0.05) is 23.3 Å². The number of hydrogen-bond acceptors (Lipinski definition) is 4. The average molecular weight is 493 g/mol. The first-order valence-electron chi connectivity index (χ1n) is 10.3. The molecule has 0 aliphatic carbocycles. The van der Waals surface area contributed by atoms with E-state index in [1.54, 1.807) is 54.6 Å². The van der Waals surface area contributed by atoms with E-state index < -0.39 is 15.9 Å². The summed E-state index contributed by atoms with van der Waals surface area (Å²) in [4.78, 5) is 12.8. The van der Waals surface area contributed by atoms with Gasteiger partial charge in [-0.2, -0.15) is 0 Å². The molecule has 8 heteroatoms. The molecule has 4 rings (SSSR count). The van der Waals surface area contributed by atoms with Crippen molar-refractivity contribution in [3.8, 4) is 11.5 Å². The van der Waals surface area contributed by atoms with Gasteiger partial charge in [0.2, 0.25) is 0 Å². The zero-order chi connectivity index (χ0) is 24.1. The van der Waals surface area contributed by atoms with Crippen LogP contribution < -0.4 is 14.4 Å². The Morgan fingerprint density at radius 3 is 2.21 bits per heavy atom. The Kier molecular flexibility index (Phi) is 6.86. The topological polar surface area (TPSA) is 75.7 Å². The van der Waals surface area contributed by atoms with Crippen LogP contribution in [-0.2, 0) is 10.0 Å². The summed E-state index contributed by atoms with van der Waals surface area (Å²) in [7, 11) is -2.46. The van der Waals surface area contributed by atoms with Gasteiger partial charge in [-0.3, -0.25) is 9.10 Å². The number of hydrogen-bond donors (Lipinski definition) is 1. The minimum atomic E-state index is -3.89. The molecule has 34 heavy (non-hydrogen) atoms. The zero-order valence-corrected chi connectivity index (χ0v) is 19.8. The van der Waals surface area contributed by atoms with Crippen molar-refractivity contribution in [1.29, 1.82) is 0 Å². The summed E-state index contributed by atoms with van der Waals surface area (Å²) in [5, 5.41) is 3.20. The number of nitrogens with one attached hydrogen (secondary N) is 1. The van der Waals surface area contributed by atoms with Crippen molar-refractivity contribution < 1.29 is 17.9 Å². The fourth-order valence-corrected chi connectivity index (χ4v) is 4.62. The standard InChI is InChI=1S/C26H21ClN2O4S/c1-29(22-9-6-8-20(27)18-22)34(31,32)25-12-5-7-19(17-25)26(30)28-21-13-15-24(16-14-21)33-23-10-3-2-4-11-23/h2-18H,1H3,(H,28,30). The summed E-state index contributed by atoms with van der Waals surface area (Å²) in [5.74, 6) is 0.903. The average Bonchev–Trinajstić information content (AvgIpc) is 2.85. The number of halogens is 1. The number of nitrogens with zero attached hydrogens (tertiary/aromatic N) is 1. The van der Waals surface area contributed by atoms with Crippen LogP contribution in [0.25, 0.3) is 0 Å². The van der Waals surface area contributed by atoms with Crippen LogP contribution in [0.1, 0.15) is 10.4 Å². The van der Waals surface area contributed by atoms with Crippen LogP contribution in [-0.4, -0.2) is 21.4 Å². The van der Waals surface area contributed by atoms with Crippen LogP contribution >= 0.6 is 11.6 Å². The smallest absolute Gasteiger partial charge is 0.264 e.